The second-order valence-corrected chi connectivity index (χ2v) is 6.83. The van der Waals surface area contributed by atoms with Crippen molar-refractivity contribution in [1.82, 2.24) is 10.2 Å². The normalized spacial score (nSPS) is 21.1. The molecule has 1 heterocycles. The number of rotatable bonds is 3. The zero-order valence-corrected chi connectivity index (χ0v) is 12.8. The first-order valence-corrected chi connectivity index (χ1v) is 6.98. The Hall–Kier alpha value is -0.840. The van der Waals surface area contributed by atoms with E-state index >= 15 is 0 Å². The topological polar surface area (TPSA) is 41.6 Å². The summed E-state index contributed by atoms with van der Waals surface area (Å²) in [6, 6.07) is 0.0126. The monoisotopic (exact) mass is 274 g/mol. The summed E-state index contributed by atoms with van der Waals surface area (Å²) in [6.07, 6.45) is 1.46. The Morgan fingerprint density at radius 2 is 2.00 bits per heavy atom. The van der Waals surface area contributed by atoms with Crippen molar-refractivity contribution in [2.24, 2.45) is 0 Å². The number of nitrogens with zero attached hydrogens (tertiary/aromatic N) is 1. The summed E-state index contributed by atoms with van der Waals surface area (Å²) in [7, 11) is 0. The third kappa shape index (κ3) is 6.23. The number of carbonyl (C=O) groups excluding carboxylic acids is 1. The zero-order valence-electron chi connectivity index (χ0n) is 12.8. The predicted octanol–water partition coefficient (Wildman–Crippen LogP) is 2.72. The molecule has 1 saturated heterocycles. The number of amides is 1. The number of hydrogen-bond acceptors (Lipinski definition) is 3. The van der Waals surface area contributed by atoms with Crippen molar-refractivity contribution in [3.05, 3.63) is 0 Å². The van der Waals surface area contributed by atoms with Crippen molar-refractivity contribution < 1.29 is 13.9 Å². The molecule has 1 atom stereocenters. The van der Waals surface area contributed by atoms with E-state index in [2.05, 4.69) is 5.32 Å². The van der Waals surface area contributed by atoms with Crippen LogP contribution in [0.5, 0.6) is 0 Å². The van der Waals surface area contributed by atoms with Crippen molar-refractivity contribution in [3.63, 3.8) is 0 Å². The maximum atomic E-state index is 13.9. The van der Waals surface area contributed by atoms with Crippen LogP contribution in [0.4, 0.5) is 9.18 Å². The van der Waals surface area contributed by atoms with Gasteiger partial charge in [0.1, 0.15) is 11.3 Å². The van der Waals surface area contributed by atoms with Crippen LogP contribution in [-0.2, 0) is 4.74 Å². The second kappa shape index (κ2) is 6.07. The Morgan fingerprint density at radius 1 is 1.37 bits per heavy atom. The highest BCUT2D eigenvalue weighted by Crippen LogP contribution is 2.20. The lowest BCUT2D eigenvalue weighted by molar-refractivity contribution is 0.000327. The molecular weight excluding hydrogens is 247 g/mol. The highest BCUT2D eigenvalue weighted by Gasteiger charge is 2.33. The van der Waals surface area contributed by atoms with Gasteiger partial charge in [-0.15, -0.1) is 0 Å². The van der Waals surface area contributed by atoms with Crippen LogP contribution in [0.15, 0.2) is 0 Å². The predicted molar refractivity (Wildman–Crippen MR) is 74.0 cm³/mol. The van der Waals surface area contributed by atoms with E-state index in [1.165, 1.54) is 18.7 Å². The number of hydrogen-bond donors (Lipinski definition) is 1. The molecule has 112 valence electrons. The van der Waals surface area contributed by atoms with Crippen LogP contribution in [0.25, 0.3) is 0 Å². The molecule has 1 amide bonds. The van der Waals surface area contributed by atoms with Gasteiger partial charge in [-0.25, -0.2) is 9.18 Å². The van der Waals surface area contributed by atoms with Gasteiger partial charge >= 0.3 is 6.09 Å². The number of ether oxygens (including phenoxy) is 1. The average molecular weight is 274 g/mol. The lowest BCUT2D eigenvalue weighted by Gasteiger charge is -2.37. The molecule has 0 aromatic heterocycles. The first-order chi connectivity index (χ1) is 8.58. The Bertz CT molecular complexity index is 302. The Labute approximate surface area is 115 Å². The van der Waals surface area contributed by atoms with Gasteiger partial charge in [-0.2, -0.15) is 0 Å². The summed E-state index contributed by atoms with van der Waals surface area (Å²) < 4.78 is 19.3. The summed E-state index contributed by atoms with van der Waals surface area (Å²) in [5.41, 5.74) is -1.98. The molecule has 1 fully saturated rings. The molecule has 0 spiro atoms. The summed E-state index contributed by atoms with van der Waals surface area (Å²) in [5.74, 6) is 0. The minimum absolute atomic E-state index is 0.0126. The third-order valence-corrected chi connectivity index (χ3v) is 2.89. The summed E-state index contributed by atoms with van der Waals surface area (Å²) in [4.78, 5) is 13.8. The lowest BCUT2D eigenvalue weighted by atomic mass is 10.0. The zero-order chi connectivity index (χ0) is 14.7. The Kier molecular flexibility index (Phi) is 5.18. The van der Waals surface area contributed by atoms with Crippen LogP contribution in [-0.4, -0.2) is 47.9 Å². The lowest BCUT2D eigenvalue weighted by Crippen LogP contribution is -2.53. The molecule has 0 saturated carbocycles. The minimum atomic E-state index is -1.42. The fraction of sp³-hybridized carbons (Fsp3) is 0.929. The van der Waals surface area contributed by atoms with Gasteiger partial charge < -0.3 is 15.0 Å². The number of nitrogens with one attached hydrogen (secondary N) is 1. The first kappa shape index (κ1) is 16.2. The van der Waals surface area contributed by atoms with E-state index in [1.54, 1.807) is 0 Å². The first-order valence-electron chi connectivity index (χ1n) is 6.98. The van der Waals surface area contributed by atoms with Crippen LogP contribution in [0.1, 0.15) is 47.5 Å². The van der Waals surface area contributed by atoms with Crippen molar-refractivity contribution in [1.29, 1.82) is 0 Å². The van der Waals surface area contributed by atoms with Crippen LogP contribution < -0.4 is 5.32 Å². The van der Waals surface area contributed by atoms with Gasteiger partial charge in [0.25, 0.3) is 0 Å². The van der Waals surface area contributed by atoms with Gasteiger partial charge in [0.05, 0.1) is 6.54 Å². The van der Waals surface area contributed by atoms with Crippen LogP contribution >= 0.6 is 0 Å². The maximum Gasteiger partial charge on any atom is 0.410 e. The average Bonchev–Trinajstić information content (AvgIpc) is 2.23. The van der Waals surface area contributed by atoms with Gasteiger partial charge in [-0.3, -0.25) is 0 Å². The summed E-state index contributed by atoms with van der Waals surface area (Å²) >= 11 is 0. The molecule has 0 aromatic carbocycles. The van der Waals surface area contributed by atoms with Gasteiger partial charge in [-0.05, 0) is 54.0 Å². The summed E-state index contributed by atoms with van der Waals surface area (Å²) in [5, 5.41) is 3.25. The molecule has 1 N–H and O–H groups in total. The van der Waals surface area contributed by atoms with Crippen LogP contribution in [0.2, 0.25) is 0 Å². The van der Waals surface area contributed by atoms with E-state index in [-0.39, 0.29) is 12.6 Å². The molecule has 0 aromatic rings. The van der Waals surface area contributed by atoms with Gasteiger partial charge in [0, 0.05) is 12.6 Å². The smallest absolute Gasteiger partial charge is 0.410 e. The third-order valence-electron chi connectivity index (χ3n) is 2.89. The molecule has 0 radical (unpaired) electrons. The van der Waals surface area contributed by atoms with Gasteiger partial charge in [0.15, 0.2) is 0 Å². The fourth-order valence-corrected chi connectivity index (χ4v) is 2.17. The highest BCUT2D eigenvalue weighted by atomic mass is 19.1. The van der Waals surface area contributed by atoms with Gasteiger partial charge in [0.2, 0.25) is 0 Å². The summed E-state index contributed by atoms with van der Waals surface area (Å²) in [6.45, 7) is 10.2. The van der Waals surface area contributed by atoms with Crippen molar-refractivity contribution in [2.75, 3.05) is 19.6 Å². The number of alkyl halides is 1. The molecule has 0 aliphatic carbocycles. The molecule has 5 heteroatoms. The van der Waals surface area contributed by atoms with Crippen molar-refractivity contribution >= 4 is 6.09 Å². The molecule has 4 nitrogen and oxygen atoms in total. The number of halogens is 1. The molecule has 1 aliphatic rings. The van der Waals surface area contributed by atoms with E-state index in [9.17, 15) is 9.18 Å². The molecule has 1 unspecified atom stereocenters. The standard InChI is InChI=1S/C14H27FN2O2/c1-13(2,3)19-12(18)17(10-14(4,5)15)11-7-6-8-16-9-11/h11,16H,6-10H2,1-5H3. The molecule has 1 aliphatic heterocycles. The van der Waals surface area contributed by atoms with Crippen molar-refractivity contribution in [2.45, 2.75) is 64.8 Å². The molecule has 19 heavy (non-hydrogen) atoms. The molecular formula is C14H27FN2O2. The fourth-order valence-electron chi connectivity index (χ4n) is 2.17. The molecule has 1 rings (SSSR count). The van der Waals surface area contributed by atoms with E-state index in [1.807, 2.05) is 20.8 Å². The SMILES string of the molecule is CC(C)(F)CN(C(=O)OC(C)(C)C)C1CCCNC1. The van der Waals surface area contributed by atoms with Crippen molar-refractivity contribution in [3.8, 4) is 0 Å². The maximum absolute atomic E-state index is 13.9. The van der Waals surface area contributed by atoms with Crippen LogP contribution in [0, 0.1) is 0 Å². The van der Waals surface area contributed by atoms with Gasteiger partial charge in [-0.1, -0.05) is 0 Å². The Morgan fingerprint density at radius 3 is 2.42 bits per heavy atom. The van der Waals surface area contributed by atoms with Crippen LogP contribution in [0.3, 0.4) is 0 Å². The van der Waals surface area contributed by atoms with E-state index in [0.717, 1.165) is 19.4 Å². The molecule has 0 bridgehead atoms. The Balaban J connectivity index is 2.76. The van der Waals surface area contributed by atoms with E-state index in [0.29, 0.717) is 6.54 Å². The van der Waals surface area contributed by atoms with E-state index < -0.39 is 17.4 Å². The van der Waals surface area contributed by atoms with E-state index in [4.69, 9.17) is 4.74 Å². The quantitative estimate of drug-likeness (QED) is 0.860. The minimum Gasteiger partial charge on any atom is -0.444 e. The largest absolute Gasteiger partial charge is 0.444 e. The number of carbonyl (C=O) groups is 1. The second-order valence-electron chi connectivity index (χ2n) is 6.83. The highest BCUT2D eigenvalue weighted by molar-refractivity contribution is 5.68. The number of piperidine rings is 1.